The summed E-state index contributed by atoms with van der Waals surface area (Å²) < 4.78 is 0. The number of amides is 1. The highest BCUT2D eigenvalue weighted by atomic mass is 35.5. The van der Waals surface area contributed by atoms with Gasteiger partial charge in [-0.05, 0) is 36.4 Å². The Kier molecular flexibility index (Phi) is 5.16. The SMILES string of the molecule is CCNCc1cccc(NC(=O)c2ccccc2Cl)c1. The molecule has 2 rings (SSSR count). The van der Waals surface area contributed by atoms with Gasteiger partial charge in [-0.1, -0.05) is 42.8 Å². The van der Waals surface area contributed by atoms with Crippen LogP contribution in [0.3, 0.4) is 0 Å². The zero-order valence-corrected chi connectivity index (χ0v) is 12.1. The second kappa shape index (κ2) is 7.08. The van der Waals surface area contributed by atoms with E-state index in [1.807, 2.05) is 24.3 Å². The topological polar surface area (TPSA) is 41.1 Å². The largest absolute Gasteiger partial charge is 0.322 e. The number of carbonyl (C=O) groups excluding carboxylic acids is 1. The molecule has 0 aliphatic heterocycles. The predicted molar refractivity (Wildman–Crippen MR) is 83.2 cm³/mol. The van der Waals surface area contributed by atoms with Gasteiger partial charge in [-0.15, -0.1) is 0 Å². The molecule has 2 aromatic rings. The lowest BCUT2D eigenvalue weighted by atomic mass is 10.1. The maximum atomic E-state index is 12.1. The van der Waals surface area contributed by atoms with Crippen LogP contribution in [0.5, 0.6) is 0 Å². The van der Waals surface area contributed by atoms with Gasteiger partial charge in [0.05, 0.1) is 10.6 Å². The van der Waals surface area contributed by atoms with Crippen molar-refractivity contribution in [2.45, 2.75) is 13.5 Å². The summed E-state index contributed by atoms with van der Waals surface area (Å²) in [5, 5.41) is 6.57. The van der Waals surface area contributed by atoms with Crippen LogP contribution >= 0.6 is 11.6 Å². The molecule has 0 atom stereocenters. The molecule has 0 aromatic heterocycles. The van der Waals surface area contributed by atoms with E-state index in [0.29, 0.717) is 10.6 Å². The minimum atomic E-state index is -0.198. The van der Waals surface area contributed by atoms with Gasteiger partial charge in [-0.25, -0.2) is 0 Å². The highest BCUT2D eigenvalue weighted by Gasteiger charge is 2.09. The van der Waals surface area contributed by atoms with E-state index >= 15 is 0 Å². The van der Waals surface area contributed by atoms with Gasteiger partial charge in [0.15, 0.2) is 0 Å². The molecule has 0 bridgehead atoms. The fraction of sp³-hybridized carbons (Fsp3) is 0.188. The van der Waals surface area contributed by atoms with E-state index < -0.39 is 0 Å². The van der Waals surface area contributed by atoms with Crippen LogP contribution in [0.2, 0.25) is 5.02 Å². The van der Waals surface area contributed by atoms with Gasteiger partial charge in [0.25, 0.3) is 5.91 Å². The number of rotatable bonds is 5. The molecule has 2 aromatic carbocycles. The predicted octanol–water partition coefficient (Wildman–Crippen LogP) is 3.70. The van der Waals surface area contributed by atoms with Gasteiger partial charge in [-0.3, -0.25) is 4.79 Å². The summed E-state index contributed by atoms with van der Waals surface area (Å²) in [6, 6.07) is 14.8. The highest BCUT2D eigenvalue weighted by Crippen LogP contribution is 2.17. The van der Waals surface area contributed by atoms with Gasteiger partial charge < -0.3 is 10.6 Å². The Morgan fingerprint density at radius 1 is 1.15 bits per heavy atom. The fourth-order valence-electron chi connectivity index (χ4n) is 1.87. The molecule has 1 amide bonds. The van der Waals surface area contributed by atoms with Crippen LogP contribution in [0.25, 0.3) is 0 Å². The first kappa shape index (κ1) is 14.6. The van der Waals surface area contributed by atoms with E-state index in [2.05, 4.69) is 17.6 Å². The number of hydrogen-bond donors (Lipinski definition) is 2. The first-order valence-corrected chi connectivity index (χ1v) is 6.94. The summed E-state index contributed by atoms with van der Waals surface area (Å²) in [6.45, 7) is 3.76. The standard InChI is InChI=1S/C16H17ClN2O/c1-2-18-11-12-6-5-7-13(10-12)19-16(20)14-8-3-4-9-15(14)17/h3-10,18H,2,11H2,1H3,(H,19,20). The molecule has 0 radical (unpaired) electrons. The second-order valence-electron chi connectivity index (χ2n) is 4.41. The molecular weight excluding hydrogens is 272 g/mol. The lowest BCUT2D eigenvalue weighted by Gasteiger charge is -2.08. The van der Waals surface area contributed by atoms with Crippen LogP contribution in [0.4, 0.5) is 5.69 Å². The van der Waals surface area contributed by atoms with Crippen molar-refractivity contribution in [1.82, 2.24) is 5.32 Å². The van der Waals surface area contributed by atoms with Crippen LogP contribution in [0.1, 0.15) is 22.8 Å². The molecule has 0 saturated heterocycles. The van der Waals surface area contributed by atoms with Crippen molar-refractivity contribution in [3.05, 3.63) is 64.7 Å². The Morgan fingerprint density at radius 3 is 2.70 bits per heavy atom. The Balaban J connectivity index is 2.10. The third-order valence-corrected chi connectivity index (χ3v) is 3.21. The normalized spacial score (nSPS) is 10.3. The molecule has 0 aliphatic rings. The molecule has 0 fully saturated rings. The lowest BCUT2D eigenvalue weighted by Crippen LogP contribution is -2.14. The second-order valence-corrected chi connectivity index (χ2v) is 4.82. The minimum Gasteiger partial charge on any atom is -0.322 e. The summed E-state index contributed by atoms with van der Waals surface area (Å²) in [7, 11) is 0. The quantitative estimate of drug-likeness (QED) is 0.881. The summed E-state index contributed by atoms with van der Waals surface area (Å²) in [5.41, 5.74) is 2.38. The molecule has 3 nitrogen and oxygen atoms in total. The number of nitrogens with one attached hydrogen (secondary N) is 2. The zero-order valence-electron chi connectivity index (χ0n) is 11.3. The van der Waals surface area contributed by atoms with E-state index in [-0.39, 0.29) is 5.91 Å². The van der Waals surface area contributed by atoms with Gasteiger partial charge in [-0.2, -0.15) is 0 Å². The van der Waals surface area contributed by atoms with E-state index in [9.17, 15) is 4.79 Å². The molecule has 0 aliphatic carbocycles. The Labute approximate surface area is 124 Å². The molecule has 0 saturated carbocycles. The molecule has 0 heterocycles. The molecular formula is C16H17ClN2O. The Morgan fingerprint density at radius 2 is 1.95 bits per heavy atom. The zero-order chi connectivity index (χ0) is 14.4. The van der Waals surface area contributed by atoms with Gasteiger partial charge in [0, 0.05) is 12.2 Å². The number of hydrogen-bond acceptors (Lipinski definition) is 2. The monoisotopic (exact) mass is 288 g/mol. The van der Waals surface area contributed by atoms with Crippen LogP contribution in [0, 0.1) is 0 Å². The smallest absolute Gasteiger partial charge is 0.257 e. The van der Waals surface area contributed by atoms with Gasteiger partial charge in [0.1, 0.15) is 0 Å². The van der Waals surface area contributed by atoms with Crippen molar-refractivity contribution >= 4 is 23.2 Å². The third kappa shape index (κ3) is 3.83. The van der Waals surface area contributed by atoms with Crippen molar-refractivity contribution in [1.29, 1.82) is 0 Å². The third-order valence-electron chi connectivity index (χ3n) is 2.88. The van der Waals surface area contributed by atoms with E-state index in [1.54, 1.807) is 24.3 Å². The maximum absolute atomic E-state index is 12.1. The molecule has 104 valence electrons. The number of anilines is 1. The van der Waals surface area contributed by atoms with Gasteiger partial charge in [0.2, 0.25) is 0 Å². The van der Waals surface area contributed by atoms with Crippen molar-refractivity contribution in [2.75, 3.05) is 11.9 Å². The average molecular weight is 289 g/mol. The average Bonchev–Trinajstić information content (AvgIpc) is 2.46. The van der Waals surface area contributed by atoms with Crippen LogP contribution in [-0.2, 0) is 6.54 Å². The van der Waals surface area contributed by atoms with E-state index in [4.69, 9.17) is 11.6 Å². The lowest BCUT2D eigenvalue weighted by molar-refractivity contribution is 0.102. The highest BCUT2D eigenvalue weighted by molar-refractivity contribution is 6.34. The molecule has 0 spiro atoms. The molecule has 4 heteroatoms. The van der Waals surface area contributed by atoms with Crippen LogP contribution in [-0.4, -0.2) is 12.5 Å². The van der Waals surface area contributed by atoms with Crippen molar-refractivity contribution in [3.63, 3.8) is 0 Å². The Bertz CT molecular complexity index is 599. The summed E-state index contributed by atoms with van der Waals surface area (Å²) in [6.07, 6.45) is 0. The summed E-state index contributed by atoms with van der Waals surface area (Å²) >= 11 is 6.01. The number of halogens is 1. The molecule has 0 unspecified atom stereocenters. The first-order valence-electron chi connectivity index (χ1n) is 6.56. The summed E-state index contributed by atoms with van der Waals surface area (Å²) in [4.78, 5) is 12.1. The maximum Gasteiger partial charge on any atom is 0.257 e. The Hall–Kier alpha value is -1.84. The van der Waals surface area contributed by atoms with Crippen molar-refractivity contribution in [2.24, 2.45) is 0 Å². The van der Waals surface area contributed by atoms with Crippen molar-refractivity contribution < 1.29 is 4.79 Å². The fourth-order valence-corrected chi connectivity index (χ4v) is 2.09. The summed E-state index contributed by atoms with van der Waals surface area (Å²) in [5.74, 6) is -0.198. The number of carbonyl (C=O) groups is 1. The molecule has 20 heavy (non-hydrogen) atoms. The van der Waals surface area contributed by atoms with Gasteiger partial charge >= 0.3 is 0 Å². The van der Waals surface area contributed by atoms with Crippen LogP contribution < -0.4 is 10.6 Å². The van der Waals surface area contributed by atoms with E-state index in [0.717, 1.165) is 24.3 Å². The van der Waals surface area contributed by atoms with Crippen molar-refractivity contribution in [3.8, 4) is 0 Å². The minimum absolute atomic E-state index is 0.198. The van der Waals surface area contributed by atoms with Crippen LogP contribution in [0.15, 0.2) is 48.5 Å². The van der Waals surface area contributed by atoms with E-state index in [1.165, 1.54) is 0 Å². The molecule has 2 N–H and O–H groups in total. The first-order chi connectivity index (χ1) is 9.70. The number of benzene rings is 2.